The molecule has 2 aliphatic rings. The number of aliphatic carboxylic acids is 1. The minimum Gasteiger partial charge on any atom is -0.497 e. The van der Waals surface area contributed by atoms with Crippen LogP contribution in [0.1, 0.15) is 60.1 Å². The van der Waals surface area contributed by atoms with Crippen molar-refractivity contribution in [2.75, 3.05) is 7.11 Å². The molecule has 1 atom stereocenters. The highest BCUT2D eigenvalue weighted by Crippen LogP contribution is 2.46. The average molecular weight is 483 g/mol. The van der Waals surface area contributed by atoms with E-state index in [1.54, 1.807) is 41.9 Å². The van der Waals surface area contributed by atoms with Crippen molar-refractivity contribution in [2.45, 2.75) is 55.1 Å². The predicted molar refractivity (Wildman–Crippen MR) is 128 cm³/mol. The van der Waals surface area contributed by atoms with E-state index in [4.69, 9.17) is 9.47 Å². The van der Waals surface area contributed by atoms with E-state index in [1.165, 1.54) is 6.07 Å². The molecule has 2 aliphatic carbocycles. The molecule has 8 heteroatoms. The first-order valence-electron chi connectivity index (χ1n) is 11.5. The fourth-order valence-corrected chi connectivity index (χ4v) is 5.49. The zero-order chi connectivity index (χ0) is 23.7. The van der Waals surface area contributed by atoms with Gasteiger partial charge in [0.25, 0.3) is 0 Å². The second kappa shape index (κ2) is 9.70. The Labute approximate surface area is 202 Å². The summed E-state index contributed by atoms with van der Waals surface area (Å²) in [6.45, 7) is 0.306. The van der Waals surface area contributed by atoms with Crippen LogP contribution in [0, 0.1) is 5.82 Å². The van der Waals surface area contributed by atoms with E-state index in [2.05, 4.69) is 5.10 Å². The summed E-state index contributed by atoms with van der Waals surface area (Å²) < 4.78 is 27.7. The molecule has 178 valence electrons. The Balaban J connectivity index is 1.36. The molecular weight excluding hydrogens is 455 g/mol. The number of thioether (sulfide) groups is 1. The Kier molecular flexibility index (Phi) is 6.50. The third kappa shape index (κ3) is 5.22. The van der Waals surface area contributed by atoms with Gasteiger partial charge in [-0.05, 0) is 55.5 Å². The monoisotopic (exact) mass is 482 g/mol. The largest absolute Gasteiger partial charge is 0.497 e. The number of benzene rings is 2. The van der Waals surface area contributed by atoms with Gasteiger partial charge in [-0.15, -0.1) is 11.8 Å². The summed E-state index contributed by atoms with van der Waals surface area (Å²) >= 11 is 1.74. The summed E-state index contributed by atoms with van der Waals surface area (Å²) in [4.78, 5) is 11.4. The first kappa shape index (κ1) is 22.8. The molecule has 2 saturated carbocycles. The van der Waals surface area contributed by atoms with Crippen molar-refractivity contribution in [3.63, 3.8) is 0 Å². The SMILES string of the molecule is COc1ccc(F)c(-n2ncc(COc3cccc(C(CC(=O)O)SC4CC4)c3)c2C2CC2)c1. The van der Waals surface area contributed by atoms with Crippen LogP contribution < -0.4 is 9.47 Å². The lowest BCUT2D eigenvalue weighted by molar-refractivity contribution is -0.137. The summed E-state index contributed by atoms with van der Waals surface area (Å²) in [6.07, 6.45) is 6.21. The van der Waals surface area contributed by atoms with Crippen molar-refractivity contribution in [1.29, 1.82) is 0 Å². The molecule has 0 amide bonds. The van der Waals surface area contributed by atoms with E-state index in [9.17, 15) is 14.3 Å². The van der Waals surface area contributed by atoms with Gasteiger partial charge in [0.15, 0.2) is 0 Å². The Morgan fingerprint density at radius 3 is 2.74 bits per heavy atom. The molecule has 5 rings (SSSR count). The number of carbonyl (C=O) groups is 1. The number of nitrogens with zero attached hydrogens (tertiary/aromatic N) is 2. The standard InChI is InChI=1S/C26H27FN2O4S/c1-32-19-7-10-22(27)23(12-19)29-26(16-5-6-16)18(14-28-29)15-33-20-4-2-3-17(11-20)24(13-25(30)31)34-21-8-9-21/h2-4,7,10-12,14,16,21,24H,5-6,8-9,13,15H2,1H3,(H,30,31). The number of carboxylic acid groups (broad SMARTS) is 1. The number of aromatic nitrogens is 2. The molecule has 0 radical (unpaired) electrons. The van der Waals surface area contributed by atoms with Gasteiger partial charge in [-0.3, -0.25) is 4.79 Å². The van der Waals surface area contributed by atoms with E-state index in [1.807, 2.05) is 24.3 Å². The van der Waals surface area contributed by atoms with Crippen molar-refractivity contribution < 1.29 is 23.8 Å². The van der Waals surface area contributed by atoms with E-state index in [0.29, 0.717) is 35.0 Å². The minimum absolute atomic E-state index is 0.0886. The van der Waals surface area contributed by atoms with Crippen molar-refractivity contribution in [3.05, 3.63) is 71.3 Å². The maximum absolute atomic E-state index is 14.6. The second-order valence-electron chi connectivity index (χ2n) is 8.84. The van der Waals surface area contributed by atoms with Gasteiger partial charge in [-0.1, -0.05) is 12.1 Å². The summed E-state index contributed by atoms with van der Waals surface area (Å²) in [5.74, 6) is 0.432. The topological polar surface area (TPSA) is 73.6 Å². The molecule has 3 aromatic rings. The molecule has 34 heavy (non-hydrogen) atoms. The quantitative estimate of drug-likeness (QED) is 0.368. The number of rotatable bonds is 11. The summed E-state index contributed by atoms with van der Waals surface area (Å²) in [6, 6.07) is 12.3. The van der Waals surface area contributed by atoms with Crippen LogP contribution in [0.25, 0.3) is 5.69 Å². The normalized spacial score (nSPS) is 16.3. The van der Waals surface area contributed by atoms with Gasteiger partial charge >= 0.3 is 5.97 Å². The molecule has 2 aromatic carbocycles. The molecule has 2 fully saturated rings. The number of ether oxygens (including phenoxy) is 2. The lowest BCUT2D eigenvalue weighted by Crippen LogP contribution is -2.07. The Bertz CT molecular complexity index is 1190. The molecule has 1 aromatic heterocycles. The van der Waals surface area contributed by atoms with Crippen LogP contribution in [0.3, 0.4) is 0 Å². The van der Waals surface area contributed by atoms with Gasteiger partial charge in [0.1, 0.15) is 29.6 Å². The highest BCUT2D eigenvalue weighted by Gasteiger charge is 2.32. The molecule has 1 heterocycles. The number of carboxylic acids is 1. The van der Waals surface area contributed by atoms with Crippen molar-refractivity contribution >= 4 is 17.7 Å². The smallest absolute Gasteiger partial charge is 0.304 e. The fourth-order valence-electron chi connectivity index (χ4n) is 4.07. The summed E-state index contributed by atoms with van der Waals surface area (Å²) in [5.41, 5.74) is 3.22. The predicted octanol–water partition coefficient (Wildman–Crippen LogP) is 5.89. The lowest BCUT2D eigenvalue weighted by atomic mass is 10.1. The van der Waals surface area contributed by atoms with Crippen LogP contribution >= 0.6 is 11.8 Å². The number of hydrogen-bond donors (Lipinski definition) is 1. The first-order valence-corrected chi connectivity index (χ1v) is 12.5. The van der Waals surface area contributed by atoms with Gasteiger partial charge in [-0.2, -0.15) is 5.10 Å². The average Bonchev–Trinajstić information content (AvgIpc) is 3.77. The molecule has 1 N–H and O–H groups in total. The maximum Gasteiger partial charge on any atom is 0.304 e. The van der Waals surface area contributed by atoms with E-state index < -0.39 is 5.97 Å². The zero-order valence-electron chi connectivity index (χ0n) is 18.9. The van der Waals surface area contributed by atoms with Gasteiger partial charge in [0, 0.05) is 28.0 Å². The van der Waals surface area contributed by atoms with Gasteiger partial charge in [-0.25, -0.2) is 9.07 Å². The Morgan fingerprint density at radius 1 is 1.21 bits per heavy atom. The third-order valence-electron chi connectivity index (χ3n) is 6.10. The van der Waals surface area contributed by atoms with Gasteiger partial charge in [0.05, 0.1) is 25.4 Å². The molecule has 0 bridgehead atoms. The third-order valence-corrected chi connectivity index (χ3v) is 7.72. The lowest BCUT2D eigenvalue weighted by Gasteiger charge is -2.16. The molecule has 1 unspecified atom stereocenters. The summed E-state index contributed by atoms with van der Waals surface area (Å²) in [7, 11) is 1.56. The Morgan fingerprint density at radius 2 is 2.03 bits per heavy atom. The zero-order valence-corrected chi connectivity index (χ0v) is 19.8. The molecule has 0 aliphatic heterocycles. The molecule has 6 nitrogen and oxygen atoms in total. The van der Waals surface area contributed by atoms with Crippen LogP contribution in [-0.2, 0) is 11.4 Å². The van der Waals surface area contributed by atoms with Gasteiger partial charge in [0.2, 0.25) is 0 Å². The van der Waals surface area contributed by atoms with Crippen molar-refractivity contribution in [1.82, 2.24) is 9.78 Å². The highest BCUT2D eigenvalue weighted by molar-refractivity contribution is 8.00. The minimum atomic E-state index is -0.796. The molecular formula is C26H27FN2O4S. The molecule has 0 saturated heterocycles. The van der Waals surface area contributed by atoms with Crippen LogP contribution in [0.5, 0.6) is 11.5 Å². The molecule has 0 spiro atoms. The first-order chi connectivity index (χ1) is 16.5. The fraction of sp³-hybridized carbons (Fsp3) is 0.385. The Hall–Kier alpha value is -3.00. The van der Waals surface area contributed by atoms with E-state index in [0.717, 1.165) is 42.5 Å². The van der Waals surface area contributed by atoms with Crippen molar-refractivity contribution in [3.8, 4) is 17.2 Å². The van der Waals surface area contributed by atoms with E-state index in [-0.39, 0.29) is 17.5 Å². The maximum atomic E-state index is 14.6. The summed E-state index contributed by atoms with van der Waals surface area (Å²) in [5, 5.41) is 14.3. The van der Waals surface area contributed by atoms with Gasteiger partial charge < -0.3 is 14.6 Å². The van der Waals surface area contributed by atoms with Crippen LogP contribution in [-0.4, -0.2) is 33.2 Å². The van der Waals surface area contributed by atoms with E-state index >= 15 is 0 Å². The highest BCUT2D eigenvalue weighted by atomic mass is 32.2. The number of hydrogen-bond acceptors (Lipinski definition) is 5. The second-order valence-corrected chi connectivity index (χ2v) is 10.3. The van der Waals surface area contributed by atoms with Crippen LogP contribution in [0.4, 0.5) is 4.39 Å². The van der Waals surface area contributed by atoms with Crippen LogP contribution in [0.2, 0.25) is 0 Å². The number of methoxy groups -OCH3 is 1. The number of halogens is 1. The van der Waals surface area contributed by atoms with Crippen molar-refractivity contribution in [2.24, 2.45) is 0 Å². The van der Waals surface area contributed by atoms with Crippen LogP contribution in [0.15, 0.2) is 48.7 Å².